The molecule has 2 atom stereocenters. The molecule has 3 N–H and O–H groups in total. The predicted octanol–water partition coefficient (Wildman–Crippen LogP) is -0.528. The fourth-order valence-electron chi connectivity index (χ4n) is 1.96. The van der Waals surface area contributed by atoms with Gasteiger partial charge in [-0.1, -0.05) is 0 Å². The largest absolute Gasteiger partial charge is 0.379 e. The molecular weight excluding hydrogens is 194 g/mol. The van der Waals surface area contributed by atoms with Crippen molar-refractivity contribution in [3.05, 3.63) is 5.82 Å². The van der Waals surface area contributed by atoms with Crippen molar-refractivity contribution in [1.29, 1.82) is 0 Å². The first-order chi connectivity index (χ1) is 7.09. The van der Waals surface area contributed by atoms with E-state index in [1.54, 1.807) is 0 Å². The van der Waals surface area contributed by atoms with Crippen LogP contribution in [-0.4, -0.2) is 41.1 Å². The summed E-state index contributed by atoms with van der Waals surface area (Å²) in [5.74, 6) is 1.61. The second-order valence-corrected chi connectivity index (χ2v) is 4.20. The van der Waals surface area contributed by atoms with Crippen molar-refractivity contribution in [3.8, 4) is 0 Å². The quantitative estimate of drug-likeness (QED) is 0.687. The molecule has 1 aromatic heterocycles. The minimum atomic E-state index is -0.239. The van der Waals surface area contributed by atoms with Crippen molar-refractivity contribution in [2.45, 2.75) is 18.4 Å². The molecule has 6 heteroatoms. The third-order valence-electron chi connectivity index (χ3n) is 3.13. The molecule has 1 aliphatic heterocycles. The maximum absolute atomic E-state index is 6.04. The second kappa shape index (κ2) is 3.46. The van der Waals surface area contributed by atoms with Gasteiger partial charge in [0, 0.05) is 20.1 Å². The molecule has 0 bridgehead atoms. The normalized spacial score (nSPS) is 30.8. The van der Waals surface area contributed by atoms with Crippen LogP contribution in [0.1, 0.15) is 12.7 Å². The smallest absolute Gasteiger partial charge is 0.224 e. The van der Waals surface area contributed by atoms with Gasteiger partial charge in [0.25, 0.3) is 0 Å². The summed E-state index contributed by atoms with van der Waals surface area (Å²) in [5, 5.41) is 11.2. The van der Waals surface area contributed by atoms with Crippen LogP contribution in [0, 0.1) is 0 Å². The lowest BCUT2D eigenvalue weighted by molar-refractivity contribution is 0.177. The van der Waals surface area contributed by atoms with Gasteiger partial charge in [0.05, 0.1) is 18.6 Å². The molecule has 15 heavy (non-hydrogen) atoms. The monoisotopic (exact) mass is 211 g/mol. The Morgan fingerprint density at radius 3 is 2.80 bits per heavy atom. The van der Waals surface area contributed by atoms with Crippen molar-refractivity contribution >= 4 is 5.95 Å². The van der Waals surface area contributed by atoms with Crippen molar-refractivity contribution in [2.24, 2.45) is 12.8 Å². The molecule has 84 valence electrons. The van der Waals surface area contributed by atoms with Crippen LogP contribution in [0.15, 0.2) is 0 Å². The van der Waals surface area contributed by atoms with Gasteiger partial charge in [-0.05, 0) is 6.92 Å². The van der Waals surface area contributed by atoms with Crippen LogP contribution in [-0.2, 0) is 17.2 Å². The van der Waals surface area contributed by atoms with E-state index in [9.17, 15) is 0 Å². The summed E-state index contributed by atoms with van der Waals surface area (Å²) < 4.78 is 7.32. The number of nitrogens with one attached hydrogen (secondary N) is 1. The van der Waals surface area contributed by atoms with E-state index in [1.807, 2.05) is 18.7 Å². The lowest BCUT2D eigenvalue weighted by atomic mass is 9.85. The number of rotatable bonds is 2. The van der Waals surface area contributed by atoms with Crippen LogP contribution < -0.4 is 11.1 Å². The fourth-order valence-corrected chi connectivity index (χ4v) is 1.96. The average molecular weight is 211 g/mol. The summed E-state index contributed by atoms with van der Waals surface area (Å²) in [6.45, 7) is 3.25. The Bertz CT molecular complexity index is 363. The topological polar surface area (TPSA) is 78.0 Å². The number of hydrogen-bond acceptors (Lipinski definition) is 5. The van der Waals surface area contributed by atoms with E-state index in [1.165, 1.54) is 0 Å². The Kier molecular flexibility index (Phi) is 2.40. The molecule has 6 nitrogen and oxygen atoms in total. The van der Waals surface area contributed by atoms with E-state index in [0.29, 0.717) is 13.2 Å². The summed E-state index contributed by atoms with van der Waals surface area (Å²) in [5.41, 5.74) is 5.80. The molecule has 1 aromatic rings. The summed E-state index contributed by atoms with van der Waals surface area (Å²) in [6.07, 6.45) is 0. The van der Waals surface area contributed by atoms with E-state index in [4.69, 9.17) is 10.5 Å². The molecule has 1 saturated heterocycles. The Morgan fingerprint density at radius 2 is 2.33 bits per heavy atom. The third-order valence-corrected chi connectivity index (χ3v) is 3.13. The SMILES string of the molecule is CNc1nnc(C2(C)COCC2N)n1C. The highest BCUT2D eigenvalue weighted by Crippen LogP contribution is 2.31. The van der Waals surface area contributed by atoms with Crippen molar-refractivity contribution in [1.82, 2.24) is 14.8 Å². The third kappa shape index (κ3) is 1.40. The first-order valence-corrected chi connectivity index (χ1v) is 5.00. The van der Waals surface area contributed by atoms with E-state index < -0.39 is 0 Å². The average Bonchev–Trinajstić information content (AvgIpc) is 2.73. The number of ether oxygens (including phenoxy) is 1. The highest BCUT2D eigenvalue weighted by Gasteiger charge is 2.43. The zero-order valence-corrected chi connectivity index (χ0v) is 9.32. The van der Waals surface area contributed by atoms with Gasteiger partial charge in [-0.15, -0.1) is 10.2 Å². The molecule has 1 fully saturated rings. The summed E-state index contributed by atoms with van der Waals surface area (Å²) in [7, 11) is 3.75. The molecule has 0 spiro atoms. The molecule has 0 aromatic carbocycles. The molecular formula is C9H17N5O. The van der Waals surface area contributed by atoms with Gasteiger partial charge >= 0.3 is 0 Å². The molecule has 2 unspecified atom stereocenters. The zero-order chi connectivity index (χ0) is 11.1. The highest BCUT2D eigenvalue weighted by atomic mass is 16.5. The first-order valence-electron chi connectivity index (χ1n) is 5.00. The molecule has 0 aliphatic carbocycles. The number of aromatic nitrogens is 3. The van der Waals surface area contributed by atoms with E-state index >= 15 is 0 Å². The van der Waals surface area contributed by atoms with Crippen LogP contribution in [0.25, 0.3) is 0 Å². The fraction of sp³-hybridized carbons (Fsp3) is 0.778. The number of nitrogens with two attached hydrogens (primary N) is 1. The second-order valence-electron chi connectivity index (χ2n) is 4.20. The lowest BCUT2D eigenvalue weighted by Crippen LogP contribution is -2.43. The summed E-state index contributed by atoms with van der Waals surface area (Å²) in [6, 6.07) is -0.0230. The van der Waals surface area contributed by atoms with Gasteiger partial charge in [0.15, 0.2) is 0 Å². The maximum Gasteiger partial charge on any atom is 0.224 e. The van der Waals surface area contributed by atoms with E-state index in [2.05, 4.69) is 22.4 Å². The van der Waals surface area contributed by atoms with Gasteiger partial charge < -0.3 is 20.4 Å². The molecule has 2 heterocycles. The molecule has 2 rings (SSSR count). The Hall–Kier alpha value is -1.14. The van der Waals surface area contributed by atoms with Crippen LogP contribution >= 0.6 is 0 Å². The predicted molar refractivity (Wildman–Crippen MR) is 56.7 cm³/mol. The molecule has 1 aliphatic rings. The summed E-state index contributed by atoms with van der Waals surface area (Å²) >= 11 is 0. The van der Waals surface area contributed by atoms with Crippen molar-refractivity contribution in [3.63, 3.8) is 0 Å². The first kappa shape index (κ1) is 10.4. The molecule has 0 saturated carbocycles. The highest BCUT2D eigenvalue weighted by molar-refractivity contribution is 5.28. The van der Waals surface area contributed by atoms with Gasteiger partial charge in [0.2, 0.25) is 5.95 Å². The Balaban J connectivity index is 2.40. The van der Waals surface area contributed by atoms with Crippen LogP contribution in [0.2, 0.25) is 0 Å². The number of hydrogen-bond donors (Lipinski definition) is 2. The standard InChI is InChI=1S/C9H17N5O/c1-9(5-15-4-6(9)10)7-12-13-8(11-2)14(7)3/h6H,4-5,10H2,1-3H3,(H,11,13). The van der Waals surface area contributed by atoms with E-state index in [-0.39, 0.29) is 11.5 Å². The maximum atomic E-state index is 6.04. The van der Waals surface area contributed by atoms with Gasteiger partial charge in [-0.3, -0.25) is 0 Å². The van der Waals surface area contributed by atoms with Gasteiger partial charge in [-0.2, -0.15) is 0 Å². The number of nitrogens with zero attached hydrogens (tertiary/aromatic N) is 3. The van der Waals surface area contributed by atoms with E-state index in [0.717, 1.165) is 11.8 Å². The van der Waals surface area contributed by atoms with Gasteiger partial charge in [-0.25, -0.2) is 0 Å². The minimum absolute atomic E-state index is 0.0230. The van der Waals surface area contributed by atoms with Crippen LogP contribution in [0.4, 0.5) is 5.95 Å². The van der Waals surface area contributed by atoms with Crippen LogP contribution in [0.3, 0.4) is 0 Å². The Labute approximate surface area is 88.8 Å². The lowest BCUT2D eigenvalue weighted by Gasteiger charge is -2.25. The van der Waals surface area contributed by atoms with Crippen molar-refractivity contribution < 1.29 is 4.74 Å². The summed E-state index contributed by atoms with van der Waals surface area (Å²) in [4.78, 5) is 0. The van der Waals surface area contributed by atoms with Crippen LogP contribution in [0.5, 0.6) is 0 Å². The van der Waals surface area contributed by atoms with Gasteiger partial charge in [0.1, 0.15) is 5.82 Å². The number of anilines is 1. The van der Waals surface area contributed by atoms with Crippen molar-refractivity contribution in [2.75, 3.05) is 25.6 Å². The zero-order valence-electron chi connectivity index (χ0n) is 9.32. The molecule has 0 radical (unpaired) electrons. The molecule has 0 amide bonds. The Morgan fingerprint density at radius 1 is 1.60 bits per heavy atom. The minimum Gasteiger partial charge on any atom is -0.379 e.